The Balaban J connectivity index is 2.68. The fourth-order valence-electron chi connectivity index (χ4n) is 1.12. The maximum atomic E-state index is 9.59. The molecule has 1 atom stereocenters. The third kappa shape index (κ3) is 2.87. The van der Waals surface area contributed by atoms with Gasteiger partial charge in [0.1, 0.15) is 0 Å². The number of benzene rings is 1. The number of rotatable bonds is 4. The largest absolute Gasteiger partial charge is 0.388 e. The summed E-state index contributed by atoms with van der Waals surface area (Å²) in [6, 6.07) is 9.64. The lowest BCUT2D eigenvalue weighted by molar-refractivity contribution is 0.229. The average Bonchev–Trinajstić information content (AvgIpc) is 2.18. The molecule has 0 aliphatic heterocycles. The van der Waals surface area contributed by atoms with Gasteiger partial charge < -0.3 is 5.11 Å². The third-order valence-corrected chi connectivity index (χ3v) is 2.15. The molecule has 1 unspecified atom stereocenters. The van der Waals surface area contributed by atoms with Crippen molar-refractivity contribution < 1.29 is 5.11 Å². The summed E-state index contributed by atoms with van der Waals surface area (Å²) in [6.45, 7) is 3.83. The summed E-state index contributed by atoms with van der Waals surface area (Å²) in [5, 5.41) is 9.59. The number of alkyl halides is 1. The van der Waals surface area contributed by atoms with Gasteiger partial charge in [-0.3, -0.25) is 0 Å². The molecule has 70 valence electrons. The van der Waals surface area contributed by atoms with E-state index in [1.165, 1.54) is 0 Å². The SMILES string of the molecule is C=C(c1ccccc1)C(O)CCCl. The summed E-state index contributed by atoms with van der Waals surface area (Å²) in [7, 11) is 0. The first kappa shape index (κ1) is 10.3. The number of halogens is 1. The van der Waals surface area contributed by atoms with Crippen LogP contribution in [0.15, 0.2) is 36.9 Å². The zero-order valence-electron chi connectivity index (χ0n) is 7.41. The molecule has 0 saturated heterocycles. The van der Waals surface area contributed by atoms with Crippen LogP contribution in [0.5, 0.6) is 0 Å². The Morgan fingerprint density at radius 1 is 1.38 bits per heavy atom. The Morgan fingerprint density at radius 2 is 2.00 bits per heavy atom. The first-order valence-corrected chi connectivity index (χ1v) is 4.77. The summed E-state index contributed by atoms with van der Waals surface area (Å²) < 4.78 is 0. The Labute approximate surface area is 83.7 Å². The Hall–Kier alpha value is -0.790. The van der Waals surface area contributed by atoms with Gasteiger partial charge in [0.15, 0.2) is 0 Å². The van der Waals surface area contributed by atoms with Gasteiger partial charge in [0, 0.05) is 5.88 Å². The Morgan fingerprint density at radius 3 is 2.54 bits per heavy atom. The molecule has 0 radical (unpaired) electrons. The molecule has 1 nitrogen and oxygen atoms in total. The van der Waals surface area contributed by atoms with Crippen LogP contribution in [0.4, 0.5) is 0 Å². The molecule has 1 aromatic carbocycles. The van der Waals surface area contributed by atoms with Gasteiger partial charge in [0.2, 0.25) is 0 Å². The highest BCUT2D eigenvalue weighted by molar-refractivity contribution is 6.17. The van der Waals surface area contributed by atoms with E-state index in [9.17, 15) is 5.11 Å². The first-order valence-electron chi connectivity index (χ1n) is 4.24. The minimum Gasteiger partial charge on any atom is -0.388 e. The number of aliphatic hydroxyl groups is 1. The molecular formula is C11H13ClO. The number of hydrogen-bond acceptors (Lipinski definition) is 1. The maximum absolute atomic E-state index is 9.59. The normalized spacial score (nSPS) is 12.5. The summed E-state index contributed by atoms with van der Waals surface area (Å²) in [5.74, 6) is 0.451. The van der Waals surface area contributed by atoms with E-state index in [0.29, 0.717) is 12.3 Å². The Kier molecular flexibility index (Phi) is 4.00. The summed E-state index contributed by atoms with van der Waals surface area (Å²) >= 11 is 5.53. The van der Waals surface area contributed by atoms with E-state index in [0.717, 1.165) is 11.1 Å². The quantitative estimate of drug-likeness (QED) is 0.735. The van der Waals surface area contributed by atoms with E-state index in [4.69, 9.17) is 11.6 Å². The van der Waals surface area contributed by atoms with Gasteiger partial charge in [0.05, 0.1) is 6.10 Å². The molecule has 0 spiro atoms. The van der Waals surface area contributed by atoms with Gasteiger partial charge in [-0.25, -0.2) is 0 Å². The van der Waals surface area contributed by atoms with Crippen LogP contribution in [-0.2, 0) is 0 Å². The second kappa shape index (κ2) is 5.05. The molecule has 0 amide bonds. The van der Waals surface area contributed by atoms with Gasteiger partial charge in [0.25, 0.3) is 0 Å². The fraction of sp³-hybridized carbons (Fsp3) is 0.273. The van der Waals surface area contributed by atoms with Crippen LogP contribution < -0.4 is 0 Å². The predicted octanol–water partition coefficient (Wildman–Crippen LogP) is 2.69. The summed E-state index contributed by atoms with van der Waals surface area (Å²) in [5.41, 5.74) is 1.71. The van der Waals surface area contributed by atoms with Crippen molar-refractivity contribution in [2.75, 3.05) is 5.88 Å². The van der Waals surface area contributed by atoms with Crippen LogP contribution in [0.1, 0.15) is 12.0 Å². The van der Waals surface area contributed by atoms with Crippen LogP contribution in [0, 0.1) is 0 Å². The molecule has 0 aliphatic carbocycles. The molecule has 2 heteroatoms. The zero-order valence-corrected chi connectivity index (χ0v) is 8.17. The first-order chi connectivity index (χ1) is 6.25. The van der Waals surface area contributed by atoms with Crippen molar-refractivity contribution in [3.63, 3.8) is 0 Å². The molecule has 1 N–H and O–H groups in total. The highest BCUT2D eigenvalue weighted by Crippen LogP contribution is 2.18. The van der Waals surface area contributed by atoms with Crippen LogP contribution in [0.25, 0.3) is 5.57 Å². The molecule has 13 heavy (non-hydrogen) atoms. The molecule has 0 saturated carbocycles. The topological polar surface area (TPSA) is 20.2 Å². The monoisotopic (exact) mass is 196 g/mol. The molecule has 0 bridgehead atoms. The lowest BCUT2D eigenvalue weighted by Gasteiger charge is -2.11. The summed E-state index contributed by atoms with van der Waals surface area (Å²) in [6.07, 6.45) is 0.0230. The molecule has 0 aliphatic rings. The zero-order chi connectivity index (χ0) is 9.68. The molecule has 1 aromatic rings. The lowest BCUT2D eigenvalue weighted by Crippen LogP contribution is -2.08. The van der Waals surface area contributed by atoms with E-state index in [1.807, 2.05) is 30.3 Å². The summed E-state index contributed by atoms with van der Waals surface area (Å²) in [4.78, 5) is 0. The highest BCUT2D eigenvalue weighted by Gasteiger charge is 2.08. The average molecular weight is 197 g/mol. The minimum atomic E-state index is -0.528. The van der Waals surface area contributed by atoms with E-state index < -0.39 is 6.10 Å². The third-order valence-electron chi connectivity index (χ3n) is 1.93. The molecule has 0 heterocycles. The van der Waals surface area contributed by atoms with Crippen molar-refractivity contribution in [3.05, 3.63) is 42.5 Å². The highest BCUT2D eigenvalue weighted by atomic mass is 35.5. The van der Waals surface area contributed by atoms with Gasteiger partial charge in [-0.15, -0.1) is 11.6 Å². The fourth-order valence-corrected chi connectivity index (χ4v) is 1.33. The van der Waals surface area contributed by atoms with E-state index in [2.05, 4.69) is 6.58 Å². The predicted molar refractivity (Wildman–Crippen MR) is 56.8 cm³/mol. The van der Waals surface area contributed by atoms with Crippen LogP contribution in [-0.4, -0.2) is 17.1 Å². The van der Waals surface area contributed by atoms with E-state index in [-0.39, 0.29) is 0 Å². The second-order valence-electron chi connectivity index (χ2n) is 2.88. The Bertz CT molecular complexity index is 269. The van der Waals surface area contributed by atoms with Crippen molar-refractivity contribution in [1.29, 1.82) is 0 Å². The van der Waals surface area contributed by atoms with Crippen LogP contribution >= 0.6 is 11.6 Å². The van der Waals surface area contributed by atoms with Crippen molar-refractivity contribution in [2.24, 2.45) is 0 Å². The standard InChI is InChI=1S/C11H13ClO/c1-9(11(13)7-8-12)10-5-3-2-4-6-10/h2-6,11,13H,1,7-8H2. The van der Waals surface area contributed by atoms with Gasteiger partial charge in [-0.1, -0.05) is 36.9 Å². The smallest absolute Gasteiger partial charge is 0.0801 e. The van der Waals surface area contributed by atoms with Gasteiger partial charge in [-0.2, -0.15) is 0 Å². The van der Waals surface area contributed by atoms with Crippen LogP contribution in [0.3, 0.4) is 0 Å². The van der Waals surface area contributed by atoms with Crippen molar-refractivity contribution >= 4 is 17.2 Å². The molecule has 0 fully saturated rings. The van der Waals surface area contributed by atoms with E-state index in [1.54, 1.807) is 0 Å². The molecule has 0 aromatic heterocycles. The molecule has 1 rings (SSSR count). The van der Waals surface area contributed by atoms with E-state index >= 15 is 0 Å². The van der Waals surface area contributed by atoms with Crippen molar-refractivity contribution in [3.8, 4) is 0 Å². The molecular weight excluding hydrogens is 184 g/mol. The second-order valence-corrected chi connectivity index (χ2v) is 3.26. The lowest BCUT2D eigenvalue weighted by atomic mass is 10.0. The van der Waals surface area contributed by atoms with Crippen LogP contribution in [0.2, 0.25) is 0 Å². The number of hydrogen-bond donors (Lipinski definition) is 1. The number of aliphatic hydroxyl groups excluding tert-OH is 1. The van der Waals surface area contributed by atoms with Gasteiger partial charge in [-0.05, 0) is 17.6 Å². The minimum absolute atomic E-state index is 0.451. The maximum Gasteiger partial charge on any atom is 0.0801 e. The van der Waals surface area contributed by atoms with Crippen molar-refractivity contribution in [2.45, 2.75) is 12.5 Å². The van der Waals surface area contributed by atoms with Crippen molar-refractivity contribution in [1.82, 2.24) is 0 Å². The van der Waals surface area contributed by atoms with Gasteiger partial charge >= 0.3 is 0 Å².